The van der Waals surface area contributed by atoms with Crippen LogP contribution < -0.4 is 9.47 Å². The topological polar surface area (TPSA) is 88.1 Å². The van der Waals surface area contributed by atoms with E-state index < -0.39 is 23.6 Å². The number of cyclic esters (lactones) is 1. The number of fused-ring (bicyclic) bond motifs is 1. The quantitative estimate of drug-likeness (QED) is 0.703. The minimum absolute atomic E-state index is 0.163. The Balaban J connectivity index is 2.14. The zero-order valence-corrected chi connectivity index (χ0v) is 15.6. The van der Waals surface area contributed by atoms with Gasteiger partial charge < -0.3 is 18.9 Å². The van der Waals surface area contributed by atoms with E-state index in [1.807, 2.05) is 6.92 Å². The summed E-state index contributed by atoms with van der Waals surface area (Å²) < 4.78 is 22.1. The maximum atomic E-state index is 12.9. The van der Waals surface area contributed by atoms with E-state index >= 15 is 0 Å². The van der Waals surface area contributed by atoms with Gasteiger partial charge in [0.1, 0.15) is 17.1 Å². The molecule has 2 aliphatic rings. The van der Waals surface area contributed by atoms with Crippen LogP contribution in [0.5, 0.6) is 11.5 Å². The Morgan fingerprint density at radius 3 is 2.64 bits per heavy atom. The predicted molar refractivity (Wildman–Crippen MR) is 88.9 cm³/mol. The SMILES string of the molecule is COC(=O)[C@]1([C@@H]2CCC(=O)O2)CC(=O)c2c(cc(C)c(Br)c2OC)O1. The number of methoxy groups -OCH3 is 2. The number of esters is 2. The smallest absolute Gasteiger partial charge is 0.354 e. The highest BCUT2D eigenvalue weighted by Gasteiger charge is 2.58. The number of ether oxygens (including phenoxy) is 4. The van der Waals surface area contributed by atoms with Crippen LogP contribution in [-0.2, 0) is 19.1 Å². The van der Waals surface area contributed by atoms with Gasteiger partial charge in [0.05, 0.1) is 25.1 Å². The molecule has 0 bridgehead atoms. The van der Waals surface area contributed by atoms with Crippen molar-refractivity contribution in [1.82, 2.24) is 0 Å². The third kappa shape index (κ3) is 2.68. The van der Waals surface area contributed by atoms with Crippen LogP contribution in [0.25, 0.3) is 0 Å². The summed E-state index contributed by atoms with van der Waals surface area (Å²) in [5, 5.41) is 0. The molecular weight excluding hydrogens is 396 g/mol. The van der Waals surface area contributed by atoms with Crippen LogP contribution in [0, 0.1) is 6.92 Å². The Labute approximate surface area is 152 Å². The fourth-order valence-electron chi connectivity index (χ4n) is 3.28. The van der Waals surface area contributed by atoms with Gasteiger partial charge in [-0.3, -0.25) is 9.59 Å². The van der Waals surface area contributed by atoms with Crippen LogP contribution >= 0.6 is 15.9 Å². The zero-order chi connectivity index (χ0) is 18.4. The third-order valence-corrected chi connectivity index (χ3v) is 5.49. The summed E-state index contributed by atoms with van der Waals surface area (Å²) in [6.45, 7) is 1.81. The number of ketones is 1. The summed E-state index contributed by atoms with van der Waals surface area (Å²) in [6, 6.07) is 1.65. The van der Waals surface area contributed by atoms with Crippen molar-refractivity contribution in [2.75, 3.05) is 14.2 Å². The lowest BCUT2D eigenvalue weighted by molar-refractivity contribution is -0.175. The van der Waals surface area contributed by atoms with Gasteiger partial charge in [0.15, 0.2) is 11.9 Å². The van der Waals surface area contributed by atoms with Crippen molar-refractivity contribution in [1.29, 1.82) is 0 Å². The van der Waals surface area contributed by atoms with Gasteiger partial charge in [-0.1, -0.05) is 0 Å². The Morgan fingerprint density at radius 1 is 1.36 bits per heavy atom. The van der Waals surface area contributed by atoms with Crippen LogP contribution in [0.2, 0.25) is 0 Å². The van der Waals surface area contributed by atoms with E-state index in [1.165, 1.54) is 14.2 Å². The number of Topliss-reactive ketones (excluding diaryl/α,β-unsaturated/α-hetero) is 1. The number of hydrogen-bond acceptors (Lipinski definition) is 7. The fourth-order valence-corrected chi connectivity index (χ4v) is 3.75. The van der Waals surface area contributed by atoms with Gasteiger partial charge in [0.25, 0.3) is 0 Å². The van der Waals surface area contributed by atoms with Crippen molar-refractivity contribution in [3.8, 4) is 11.5 Å². The molecule has 1 saturated heterocycles. The standard InChI is InChI=1S/C17H17BrO7/c1-8-6-10-13(15(22-2)14(8)18)9(19)7-17(25-10,16(21)23-3)11-4-5-12(20)24-11/h6,11H,4-5,7H2,1-3H3/t11-,17+/m0/s1. The zero-order valence-electron chi connectivity index (χ0n) is 14.0. The van der Waals surface area contributed by atoms with Gasteiger partial charge >= 0.3 is 11.9 Å². The van der Waals surface area contributed by atoms with E-state index in [0.717, 1.165) is 5.56 Å². The molecule has 25 heavy (non-hydrogen) atoms. The van der Waals surface area contributed by atoms with Gasteiger partial charge in [-0.05, 0) is 40.9 Å². The molecule has 0 unspecified atom stereocenters. The van der Waals surface area contributed by atoms with Gasteiger partial charge in [-0.2, -0.15) is 0 Å². The number of carbonyl (C=O) groups is 3. The molecule has 2 aliphatic heterocycles. The summed E-state index contributed by atoms with van der Waals surface area (Å²) in [6.07, 6.45) is -0.726. The number of rotatable bonds is 3. The first-order valence-corrected chi connectivity index (χ1v) is 8.50. The minimum Gasteiger partial charge on any atom is -0.495 e. The largest absolute Gasteiger partial charge is 0.495 e. The van der Waals surface area contributed by atoms with E-state index in [-0.39, 0.29) is 36.4 Å². The van der Waals surface area contributed by atoms with Crippen LogP contribution in [0.4, 0.5) is 0 Å². The van der Waals surface area contributed by atoms with Crippen molar-refractivity contribution in [2.45, 2.75) is 37.9 Å². The summed E-state index contributed by atoms with van der Waals surface area (Å²) in [5.74, 6) is -0.957. The van der Waals surface area contributed by atoms with Crippen molar-refractivity contribution in [3.63, 3.8) is 0 Å². The first-order valence-electron chi connectivity index (χ1n) is 7.71. The molecule has 1 fully saturated rings. The first-order chi connectivity index (χ1) is 11.8. The second-order valence-electron chi connectivity index (χ2n) is 6.01. The molecule has 0 radical (unpaired) electrons. The molecule has 0 N–H and O–H groups in total. The van der Waals surface area contributed by atoms with Crippen molar-refractivity contribution >= 4 is 33.7 Å². The molecule has 134 valence electrons. The summed E-state index contributed by atoms with van der Waals surface area (Å²) in [4.78, 5) is 36.9. The number of benzene rings is 1. The lowest BCUT2D eigenvalue weighted by Gasteiger charge is -2.38. The van der Waals surface area contributed by atoms with Crippen molar-refractivity contribution in [3.05, 3.63) is 21.7 Å². The van der Waals surface area contributed by atoms with E-state index in [2.05, 4.69) is 15.9 Å². The van der Waals surface area contributed by atoms with E-state index in [9.17, 15) is 14.4 Å². The normalized spacial score (nSPS) is 25.0. The molecular formula is C17H17BrO7. The average Bonchev–Trinajstić information content (AvgIpc) is 3.02. The summed E-state index contributed by atoms with van der Waals surface area (Å²) in [7, 11) is 2.66. The number of carbonyl (C=O) groups excluding carboxylic acids is 3. The third-order valence-electron chi connectivity index (χ3n) is 4.50. The molecule has 0 saturated carbocycles. The van der Waals surface area contributed by atoms with Gasteiger partial charge in [0.2, 0.25) is 5.60 Å². The Bertz CT molecular complexity index is 773. The maximum Gasteiger partial charge on any atom is 0.354 e. The Hall–Kier alpha value is -2.09. The number of hydrogen-bond donors (Lipinski definition) is 0. The van der Waals surface area contributed by atoms with Gasteiger partial charge in [0, 0.05) is 6.42 Å². The van der Waals surface area contributed by atoms with Crippen LogP contribution in [0.3, 0.4) is 0 Å². The first kappa shape index (κ1) is 17.7. The average molecular weight is 413 g/mol. The second-order valence-corrected chi connectivity index (χ2v) is 6.81. The molecule has 0 aromatic heterocycles. The van der Waals surface area contributed by atoms with E-state index in [4.69, 9.17) is 18.9 Å². The lowest BCUT2D eigenvalue weighted by atomic mass is 9.83. The summed E-state index contributed by atoms with van der Waals surface area (Å²) >= 11 is 3.40. The monoisotopic (exact) mass is 412 g/mol. The molecule has 7 nitrogen and oxygen atoms in total. The molecule has 0 spiro atoms. The van der Waals surface area contributed by atoms with Gasteiger partial charge in [-0.25, -0.2) is 4.79 Å². The highest BCUT2D eigenvalue weighted by molar-refractivity contribution is 9.10. The van der Waals surface area contributed by atoms with Gasteiger partial charge in [-0.15, -0.1) is 0 Å². The molecule has 2 atom stereocenters. The van der Waals surface area contributed by atoms with Crippen LogP contribution in [0.1, 0.15) is 35.2 Å². The van der Waals surface area contributed by atoms with E-state index in [1.54, 1.807) is 6.07 Å². The number of halogens is 1. The highest BCUT2D eigenvalue weighted by atomic mass is 79.9. The number of aryl methyl sites for hydroxylation is 1. The summed E-state index contributed by atoms with van der Waals surface area (Å²) in [5.41, 5.74) is -0.660. The van der Waals surface area contributed by atoms with Crippen LogP contribution in [-0.4, -0.2) is 43.6 Å². The molecule has 0 aliphatic carbocycles. The van der Waals surface area contributed by atoms with Crippen LogP contribution in [0.15, 0.2) is 10.5 Å². The molecule has 0 amide bonds. The lowest BCUT2D eigenvalue weighted by Crippen LogP contribution is -2.58. The molecule has 8 heteroatoms. The van der Waals surface area contributed by atoms with Crippen molar-refractivity contribution in [2.24, 2.45) is 0 Å². The van der Waals surface area contributed by atoms with Crippen molar-refractivity contribution < 1.29 is 33.3 Å². The molecule has 3 rings (SSSR count). The molecule has 1 aromatic rings. The highest BCUT2D eigenvalue weighted by Crippen LogP contribution is 2.46. The maximum absolute atomic E-state index is 12.9. The fraction of sp³-hybridized carbons (Fsp3) is 0.471. The minimum atomic E-state index is -1.68. The second kappa shape index (κ2) is 6.33. The van der Waals surface area contributed by atoms with E-state index in [0.29, 0.717) is 10.2 Å². The molecule has 2 heterocycles. The predicted octanol–water partition coefficient (Wildman–Crippen LogP) is 2.35. The Morgan fingerprint density at radius 2 is 2.08 bits per heavy atom. The Kier molecular flexibility index (Phi) is 4.49. The molecule has 1 aromatic carbocycles.